The summed E-state index contributed by atoms with van der Waals surface area (Å²) in [5, 5.41) is 8.95. The zero-order valence-electron chi connectivity index (χ0n) is 9.83. The molecule has 0 atom stereocenters. The van der Waals surface area contributed by atoms with E-state index in [0.29, 0.717) is 13.0 Å². The molecule has 0 aliphatic carbocycles. The molecule has 4 nitrogen and oxygen atoms in total. The molecule has 2 N–H and O–H groups in total. The molecule has 0 aliphatic rings. The molecule has 0 bridgehead atoms. The molecule has 0 radical (unpaired) electrons. The van der Waals surface area contributed by atoms with Crippen LogP contribution in [0.25, 0.3) is 0 Å². The number of benzene rings is 1. The summed E-state index contributed by atoms with van der Waals surface area (Å²) in [6.45, 7) is 3.11. The predicted molar refractivity (Wildman–Crippen MR) is 62.5 cm³/mol. The summed E-state index contributed by atoms with van der Waals surface area (Å²) in [6.07, 6.45) is 0.673. The lowest BCUT2D eigenvalue weighted by Crippen LogP contribution is -2.24. The summed E-state index contributed by atoms with van der Waals surface area (Å²) in [5.74, 6) is -0.568. The van der Waals surface area contributed by atoms with Crippen LogP contribution in [0.15, 0.2) is 17.0 Å². The van der Waals surface area contributed by atoms with E-state index in [4.69, 9.17) is 5.11 Å². The fourth-order valence-corrected chi connectivity index (χ4v) is 2.67. The summed E-state index contributed by atoms with van der Waals surface area (Å²) in [5.41, 5.74) is 0.190. The van der Waals surface area contributed by atoms with E-state index in [2.05, 4.69) is 4.72 Å². The molecule has 0 aliphatic heterocycles. The molecule has 1 aromatic carbocycles. The lowest BCUT2D eigenvalue weighted by Gasteiger charge is -2.09. The van der Waals surface area contributed by atoms with Crippen molar-refractivity contribution in [2.24, 2.45) is 0 Å². The normalized spacial score (nSPS) is 11.8. The van der Waals surface area contributed by atoms with Gasteiger partial charge in [0.25, 0.3) is 0 Å². The molecule has 1 rings (SSSR count). The fraction of sp³-hybridized carbons (Fsp3) is 0.455. The number of halogens is 1. The Morgan fingerprint density at radius 2 is 2.06 bits per heavy atom. The number of hydrogen-bond acceptors (Lipinski definition) is 3. The molecule has 0 unspecified atom stereocenters. The van der Waals surface area contributed by atoms with Crippen molar-refractivity contribution in [2.45, 2.75) is 31.8 Å². The molecule has 17 heavy (non-hydrogen) atoms. The molecule has 6 heteroatoms. The summed E-state index contributed by atoms with van der Waals surface area (Å²) < 4.78 is 39.5. The molecule has 0 fully saturated rings. The van der Waals surface area contributed by atoms with E-state index in [1.807, 2.05) is 6.92 Å². The first-order valence-corrected chi connectivity index (χ1v) is 6.80. The van der Waals surface area contributed by atoms with E-state index in [1.54, 1.807) is 0 Å². The first kappa shape index (κ1) is 14.1. The van der Waals surface area contributed by atoms with Gasteiger partial charge >= 0.3 is 0 Å². The van der Waals surface area contributed by atoms with Crippen LogP contribution in [0.5, 0.6) is 0 Å². The zero-order chi connectivity index (χ0) is 13.1. The monoisotopic (exact) mass is 261 g/mol. The van der Waals surface area contributed by atoms with Crippen LogP contribution in [-0.4, -0.2) is 20.1 Å². The van der Waals surface area contributed by atoms with Crippen molar-refractivity contribution in [3.63, 3.8) is 0 Å². The van der Waals surface area contributed by atoms with Gasteiger partial charge in [0, 0.05) is 12.1 Å². The van der Waals surface area contributed by atoms with E-state index in [1.165, 1.54) is 13.0 Å². The van der Waals surface area contributed by atoms with Crippen molar-refractivity contribution in [1.29, 1.82) is 0 Å². The lowest BCUT2D eigenvalue weighted by molar-refractivity contribution is 0.275. The maximum Gasteiger partial charge on any atom is 0.240 e. The Morgan fingerprint density at radius 3 is 2.59 bits per heavy atom. The fourth-order valence-electron chi connectivity index (χ4n) is 1.40. The summed E-state index contributed by atoms with van der Waals surface area (Å²) in [4.78, 5) is -0.0195. The van der Waals surface area contributed by atoms with E-state index in [-0.39, 0.29) is 16.0 Å². The Balaban J connectivity index is 3.19. The maximum absolute atomic E-state index is 13.4. The maximum atomic E-state index is 13.4. The number of aliphatic hydroxyl groups is 1. The number of aryl methyl sites for hydroxylation is 1. The van der Waals surface area contributed by atoms with Crippen LogP contribution in [0.1, 0.15) is 24.5 Å². The second-order valence-corrected chi connectivity index (χ2v) is 5.54. The highest BCUT2D eigenvalue weighted by Crippen LogP contribution is 2.19. The predicted octanol–water partition coefficient (Wildman–Crippen LogP) is 1.31. The minimum absolute atomic E-state index is 0.0122. The average Bonchev–Trinajstić information content (AvgIpc) is 2.29. The molecule has 0 aromatic heterocycles. The summed E-state index contributed by atoms with van der Waals surface area (Å²) >= 11 is 0. The Labute approximate surface area is 101 Å². The van der Waals surface area contributed by atoms with Gasteiger partial charge in [-0.05, 0) is 31.0 Å². The van der Waals surface area contributed by atoms with Crippen molar-refractivity contribution >= 4 is 10.0 Å². The van der Waals surface area contributed by atoms with Gasteiger partial charge in [0.05, 0.1) is 11.5 Å². The lowest BCUT2D eigenvalue weighted by atomic mass is 10.1. The third kappa shape index (κ3) is 3.24. The van der Waals surface area contributed by atoms with Gasteiger partial charge in [-0.25, -0.2) is 17.5 Å². The first-order chi connectivity index (χ1) is 7.92. The highest BCUT2D eigenvalue weighted by atomic mass is 32.2. The number of aliphatic hydroxyl groups excluding tert-OH is 1. The largest absolute Gasteiger partial charge is 0.392 e. The van der Waals surface area contributed by atoms with Crippen LogP contribution in [-0.2, 0) is 16.6 Å². The second-order valence-electron chi connectivity index (χ2n) is 3.77. The number of hydrogen-bond donors (Lipinski definition) is 2. The molecule has 0 saturated heterocycles. The Morgan fingerprint density at radius 1 is 1.41 bits per heavy atom. The molecule has 0 heterocycles. The quantitative estimate of drug-likeness (QED) is 0.840. The standard InChI is InChI=1S/C11H16FNO3S/c1-3-4-13-17(15,16)10-5-8(2)11(12)9(6-10)7-14/h5-6,13-14H,3-4,7H2,1-2H3. The number of rotatable bonds is 5. The molecule has 0 spiro atoms. The number of nitrogens with one attached hydrogen (secondary N) is 1. The van der Waals surface area contributed by atoms with Gasteiger partial charge < -0.3 is 5.11 Å². The minimum Gasteiger partial charge on any atom is -0.392 e. The summed E-state index contributed by atoms with van der Waals surface area (Å²) in [7, 11) is -3.62. The van der Waals surface area contributed by atoms with Gasteiger partial charge in [-0.3, -0.25) is 0 Å². The van der Waals surface area contributed by atoms with Crippen molar-refractivity contribution in [3.05, 3.63) is 29.1 Å². The highest BCUT2D eigenvalue weighted by molar-refractivity contribution is 7.89. The zero-order valence-corrected chi connectivity index (χ0v) is 10.6. The van der Waals surface area contributed by atoms with Crippen molar-refractivity contribution in [1.82, 2.24) is 4.72 Å². The average molecular weight is 261 g/mol. The van der Waals surface area contributed by atoms with Crippen LogP contribution in [0.2, 0.25) is 0 Å². The van der Waals surface area contributed by atoms with Crippen LogP contribution in [0, 0.1) is 12.7 Å². The van der Waals surface area contributed by atoms with Crippen molar-refractivity contribution in [3.8, 4) is 0 Å². The van der Waals surface area contributed by atoms with E-state index < -0.39 is 22.4 Å². The van der Waals surface area contributed by atoms with E-state index >= 15 is 0 Å². The second kappa shape index (κ2) is 5.57. The van der Waals surface area contributed by atoms with Gasteiger partial charge in [0.1, 0.15) is 5.82 Å². The Bertz CT molecular complexity index is 500. The van der Waals surface area contributed by atoms with Crippen LogP contribution < -0.4 is 4.72 Å². The molecule has 96 valence electrons. The molecule has 0 saturated carbocycles. The van der Waals surface area contributed by atoms with E-state index in [0.717, 1.165) is 6.07 Å². The van der Waals surface area contributed by atoms with Crippen LogP contribution in [0.3, 0.4) is 0 Å². The topological polar surface area (TPSA) is 66.4 Å². The number of sulfonamides is 1. The Hall–Kier alpha value is -0.980. The van der Waals surface area contributed by atoms with Gasteiger partial charge in [-0.1, -0.05) is 6.92 Å². The summed E-state index contributed by atoms with van der Waals surface area (Å²) in [6, 6.07) is 2.41. The van der Waals surface area contributed by atoms with Gasteiger partial charge in [-0.2, -0.15) is 0 Å². The van der Waals surface area contributed by atoms with Gasteiger partial charge in [0.15, 0.2) is 0 Å². The van der Waals surface area contributed by atoms with Gasteiger partial charge in [-0.15, -0.1) is 0 Å². The minimum atomic E-state index is -3.62. The molecular weight excluding hydrogens is 245 g/mol. The third-order valence-corrected chi connectivity index (χ3v) is 3.77. The van der Waals surface area contributed by atoms with Crippen LogP contribution >= 0.6 is 0 Å². The molecule has 0 amide bonds. The first-order valence-electron chi connectivity index (χ1n) is 5.32. The van der Waals surface area contributed by atoms with Gasteiger partial charge in [0.2, 0.25) is 10.0 Å². The van der Waals surface area contributed by atoms with E-state index in [9.17, 15) is 12.8 Å². The van der Waals surface area contributed by atoms with Crippen molar-refractivity contribution in [2.75, 3.05) is 6.54 Å². The smallest absolute Gasteiger partial charge is 0.240 e. The van der Waals surface area contributed by atoms with Crippen LogP contribution in [0.4, 0.5) is 4.39 Å². The third-order valence-electron chi connectivity index (χ3n) is 2.33. The molecule has 1 aromatic rings. The SMILES string of the molecule is CCCNS(=O)(=O)c1cc(C)c(F)c(CO)c1. The highest BCUT2D eigenvalue weighted by Gasteiger charge is 2.17. The Kier molecular flexibility index (Phi) is 4.62. The van der Waals surface area contributed by atoms with Crippen molar-refractivity contribution < 1.29 is 17.9 Å². The molecular formula is C11H16FNO3S.